The fourth-order valence-electron chi connectivity index (χ4n) is 3.67. The van der Waals surface area contributed by atoms with Crippen LogP contribution >= 0.6 is 7.60 Å². The molecule has 36 heavy (non-hydrogen) atoms. The average molecular weight is 543 g/mol. The van der Waals surface area contributed by atoms with Gasteiger partial charge in [0.1, 0.15) is 5.75 Å². The molecule has 0 aliphatic heterocycles. The van der Waals surface area contributed by atoms with Gasteiger partial charge in [-0.2, -0.15) is 4.31 Å². The number of nitrogens with two attached hydrogens (primary N) is 1. The number of ether oxygens (including phenoxy) is 1. The first-order valence-corrected chi connectivity index (χ1v) is 15.0. The molecule has 0 radical (unpaired) electrons. The molecule has 2 aromatic carbocycles. The standard InChI is InChI=1S/C25H39N2O7PS/c1-6-33-35(29,34-7-2)22-12-8-20(9-13-22)16-24(26)25(28)18-27(17-19(3)4)36(30,31)23-14-10-21(32-5)11-15-23/h8-15,19,24-25,28H,6-7,16-18,26H2,1-5H3/t24-,25+/m0/s1. The van der Waals surface area contributed by atoms with Crippen LogP contribution in [0.15, 0.2) is 53.4 Å². The van der Waals surface area contributed by atoms with Crippen molar-refractivity contribution in [2.24, 2.45) is 11.7 Å². The zero-order valence-corrected chi connectivity index (χ0v) is 23.4. The van der Waals surface area contributed by atoms with E-state index >= 15 is 0 Å². The van der Waals surface area contributed by atoms with E-state index in [1.165, 1.54) is 23.5 Å². The molecular weight excluding hydrogens is 503 g/mol. The Labute approximate surface area is 215 Å². The topological polar surface area (TPSA) is 128 Å². The van der Waals surface area contributed by atoms with Crippen molar-refractivity contribution in [2.45, 2.75) is 51.2 Å². The number of methoxy groups -OCH3 is 1. The van der Waals surface area contributed by atoms with Gasteiger partial charge in [0.15, 0.2) is 0 Å². The number of hydrogen-bond donors (Lipinski definition) is 2. The normalized spacial score (nSPS) is 14.2. The Morgan fingerprint density at radius 3 is 2.00 bits per heavy atom. The maximum absolute atomic E-state index is 13.3. The maximum atomic E-state index is 13.3. The minimum atomic E-state index is -3.85. The van der Waals surface area contributed by atoms with Crippen molar-refractivity contribution in [1.29, 1.82) is 0 Å². The Bertz CT molecular complexity index is 1080. The van der Waals surface area contributed by atoms with E-state index in [0.29, 0.717) is 17.5 Å². The molecule has 0 bridgehead atoms. The Morgan fingerprint density at radius 1 is 0.972 bits per heavy atom. The molecule has 0 fully saturated rings. The van der Waals surface area contributed by atoms with E-state index in [1.54, 1.807) is 50.2 Å². The Balaban J connectivity index is 2.15. The number of hydrogen-bond acceptors (Lipinski definition) is 8. The summed E-state index contributed by atoms with van der Waals surface area (Å²) in [4.78, 5) is 0.119. The van der Waals surface area contributed by atoms with Crippen molar-refractivity contribution in [3.05, 3.63) is 54.1 Å². The van der Waals surface area contributed by atoms with E-state index in [9.17, 15) is 18.1 Å². The summed E-state index contributed by atoms with van der Waals surface area (Å²) in [5.74, 6) is 0.594. The van der Waals surface area contributed by atoms with Crippen molar-refractivity contribution in [3.63, 3.8) is 0 Å². The smallest absolute Gasteiger partial charge is 0.361 e. The lowest BCUT2D eigenvalue weighted by Crippen LogP contribution is -2.47. The lowest BCUT2D eigenvalue weighted by molar-refractivity contribution is 0.116. The SMILES string of the molecule is CCOP(=O)(OCC)c1ccc(C[C@H](N)[C@H](O)CN(CC(C)C)S(=O)(=O)c2ccc(OC)cc2)cc1. The van der Waals surface area contributed by atoms with Crippen LogP contribution in [-0.2, 0) is 30.1 Å². The minimum Gasteiger partial charge on any atom is -0.497 e. The van der Waals surface area contributed by atoms with Crippen LogP contribution in [0.25, 0.3) is 0 Å². The summed E-state index contributed by atoms with van der Waals surface area (Å²) in [7, 11) is -5.73. The van der Waals surface area contributed by atoms with Gasteiger partial charge in [0, 0.05) is 19.1 Å². The first-order chi connectivity index (χ1) is 17.0. The van der Waals surface area contributed by atoms with Crippen molar-refractivity contribution in [1.82, 2.24) is 4.31 Å². The van der Waals surface area contributed by atoms with Gasteiger partial charge in [0.25, 0.3) is 0 Å². The van der Waals surface area contributed by atoms with Gasteiger partial charge >= 0.3 is 7.60 Å². The predicted octanol–water partition coefficient (Wildman–Crippen LogP) is 3.16. The van der Waals surface area contributed by atoms with E-state index in [2.05, 4.69) is 0 Å². The van der Waals surface area contributed by atoms with Gasteiger partial charge < -0.3 is 24.6 Å². The number of rotatable bonds is 15. The molecule has 0 aliphatic rings. The van der Waals surface area contributed by atoms with Gasteiger partial charge in [-0.1, -0.05) is 26.0 Å². The molecule has 11 heteroatoms. The van der Waals surface area contributed by atoms with Gasteiger partial charge in [0.2, 0.25) is 10.0 Å². The van der Waals surface area contributed by atoms with Crippen molar-refractivity contribution >= 4 is 22.9 Å². The molecule has 0 unspecified atom stereocenters. The van der Waals surface area contributed by atoms with Crippen molar-refractivity contribution in [2.75, 3.05) is 33.4 Å². The molecule has 0 aromatic heterocycles. The first-order valence-electron chi connectivity index (χ1n) is 12.0. The summed E-state index contributed by atoms with van der Waals surface area (Å²) in [6.45, 7) is 7.91. The van der Waals surface area contributed by atoms with Crippen LogP contribution < -0.4 is 15.8 Å². The Hall–Kier alpha value is -1.78. The molecular formula is C25H39N2O7PS. The summed E-state index contributed by atoms with van der Waals surface area (Å²) in [6.07, 6.45) is -0.804. The molecule has 0 saturated heterocycles. The van der Waals surface area contributed by atoms with E-state index in [0.717, 1.165) is 5.56 Å². The summed E-state index contributed by atoms with van der Waals surface area (Å²) in [5.41, 5.74) is 7.08. The largest absolute Gasteiger partial charge is 0.497 e. The summed E-state index contributed by atoms with van der Waals surface area (Å²) in [6, 6.07) is 12.3. The zero-order valence-electron chi connectivity index (χ0n) is 21.7. The lowest BCUT2D eigenvalue weighted by Gasteiger charge is -2.29. The highest BCUT2D eigenvalue weighted by atomic mass is 32.2. The highest BCUT2D eigenvalue weighted by molar-refractivity contribution is 7.89. The highest BCUT2D eigenvalue weighted by Gasteiger charge is 2.30. The molecule has 0 heterocycles. The van der Waals surface area contributed by atoms with E-state index in [1.807, 2.05) is 13.8 Å². The molecule has 0 spiro atoms. The van der Waals surface area contributed by atoms with Crippen LogP contribution in [0.5, 0.6) is 5.75 Å². The van der Waals surface area contributed by atoms with Gasteiger partial charge in [-0.3, -0.25) is 4.57 Å². The summed E-state index contributed by atoms with van der Waals surface area (Å²) < 4.78 is 56.7. The Morgan fingerprint density at radius 2 is 1.53 bits per heavy atom. The third-order valence-electron chi connectivity index (χ3n) is 5.47. The van der Waals surface area contributed by atoms with E-state index in [4.69, 9.17) is 19.5 Å². The molecule has 0 aliphatic carbocycles. The molecule has 3 N–H and O–H groups in total. The van der Waals surface area contributed by atoms with Crippen LogP contribution in [0.2, 0.25) is 0 Å². The number of aliphatic hydroxyl groups excluding tert-OH is 1. The summed E-state index contributed by atoms with van der Waals surface area (Å²) >= 11 is 0. The van der Waals surface area contributed by atoms with Crippen LogP contribution in [0.1, 0.15) is 33.3 Å². The molecule has 0 amide bonds. The van der Waals surface area contributed by atoms with Crippen LogP contribution in [0.3, 0.4) is 0 Å². The average Bonchev–Trinajstić information content (AvgIpc) is 2.84. The van der Waals surface area contributed by atoms with Gasteiger partial charge in [0.05, 0.1) is 36.6 Å². The number of aliphatic hydroxyl groups is 1. The second-order valence-corrected chi connectivity index (χ2v) is 12.8. The molecule has 9 nitrogen and oxygen atoms in total. The minimum absolute atomic E-state index is 0.0420. The molecule has 2 rings (SSSR count). The van der Waals surface area contributed by atoms with Crippen molar-refractivity contribution in [3.8, 4) is 5.75 Å². The Kier molecular flexibility index (Phi) is 11.6. The van der Waals surface area contributed by atoms with Gasteiger partial charge in [-0.25, -0.2) is 8.42 Å². The van der Waals surface area contributed by atoms with Crippen LogP contribution in [0, 0.1) is 5.92 Å². The van der Waals surface area contributed by atoms with E-state index < -0.39 is 29.8 Å². The van der Waals surface area contributed by atoms with Crippen molar-refractivity contribution < 1.29 is 31.9 Å². The number of benzene rings is 2. The second-order valence-electron chi connectivity index (χ2n) is 8.83. The summed E-state index contributed by atoms with van der Waals surface area (Å²) in [5, 5.41) is 11.3. The second kappa shape index (κ2) is 13.7. The molecule has 202 valence electrons. The highest BCUT2D eigenvalue weighted by Crippen LogP contribution is 2.46. The maximum Gasteiger partial charge on any atom is 0.361 e. The number of nitrogens with zero attached hydrogens (tertiary/aromatic N) is 1. The predicted molar refractivity (Wildman–Crippen MR) is 141 cm³/mol. The van der Waals surface area contributed by atoms with Gasteiger partial charge in [-0.15, -0.1) is 0 Å². The van der Waals surface area contributed by atoms with E-state index in [-0.39, 0.29) is 37.1 Å². The fourth-order valence-corrected chi connectivity index (χ4v) is 6.86. The van der Waals surface area contributed by atoms with Crippen LogP contribution in [0.4, 0.5) is 0 Å². The zero-order chi connectivity index (χ0) is 26.9. The third-order valence-corrected chi connectivity index (χ3v) is 9.45. The third kappa shape index (κ3) is 8.11. The molecule has 2 atom stereocenters. The lowest BCUT2D eigenvalue weighted by atomic mass is 10.0. The van der Waals surface area contributed by atoms with Gasteiger partial charge in [-0.05, 0) is 68.1 Å². The van der Waals surface area contributed by atoms with Crippen LogP contribution in [-0.4, -0.2) is 63.4 Å². The molecule has 2 aromatic rings. The number of sulfonamides is 1. The fraction of sp³-hybridized carbons (Fsp3) is 0.520. The quantitative estimate of drug-likeness (QED) is 0.329. The first kappa shape index (κ1) is 30.4. The molecule has 0 saturated carbocycles. The monoisotopic (exact) mass is 542 g/mol.